The summed E-state index contributed by atoms with van der Waals surface area (Å²) < 4.78 is 2.40. The molecule has 0 atom stereocenters. The Morgan fingerprint density at radius 2 is 0.976 bits per heavy atom. The van der Waals surface area contributed by atoms with Gasteiger partial charge in [-0.3, -0.25) is 0 Å². The van der Waals surface area contributed by atoms with Gasteiger partial charge >= 0.3 is 0 Å². The lowest BCUT2D eigenvalue weighted by atomic mass is 9.80. The zero-order valence-electron chi connectivity index (χ0n) is 22.1. The lowest BCUT2D eigenvalue weighted by Gasteiger charge is -2.24. The van der Waals surface area contributed by atoms with Crippen LogP contribution in [0, 0.1) is 0 Å². The second kappa shape index (κ2) is 8.48. The molecule has 41 heavy (non-hydrogen) atoms. The molecular formula is C38H23N3. The highest BCUT2D eigenvalue weighted by Gasteiger charge is 2.24. The predicted molar refractivity (Wildman–Crippen MR) is 169 cm³/mol. The first kappa shape index (κ1) is 22.3. The SMILES string of the molecule is c1ccc2c(c1)-c1cc(-n3c4ccccc4c4ccccc43)ccc1-c1ccccc1-c1c-2cnc2ncccc12. The van der Waals surface area contributed by atoms with E-state index in [1.54, 1.807) is 0 Å². The fraction of sp³-hybridized carbons (Fsp3) is 0. The highest BCUT2D eigenvalue weighted by Crippen LogP contribution is 2.49. The van der Waals surface area contributed by atoms with Crippen LogP contribution < -0.4 is 0 Å². The van der Waals surface area contributed by atoms with E-state index in [0.717, 1.165) is 22.3 Å². The minimum atomic E-state index is 0.765. The Hall–Kier alpha value is -5.54. The third kappa shape index (κ3) is 3.14. The van der Waals surface area contributed by atoms with Crippen molar-refractivity contribution in [2.45, 2.75) is 0 Å². The highest BCUT2D eigenvalue weighted by molar-refractivity contribution is 6.11. The Morgan fingerprint density at radius 1 is 0.415 bits per heavy atom. The van der Waals surface area contributed by atoms with Gasteiger partial charge in [-0.2, -0.15) is 0 Å². The predicted octanol–water partition coefficient (Wildman–Crippen LogP) is 9.71. The lowest BCUT2D eigenvalue weighted by Crippen LogP contribution is -2.01. The number of hydrogen-bond donors (Lipinski definition) is 0. The van der Waals surface area contributed by atoms with Gasteiger partial charge in [0.2, 0.25) is 0 Å². The normalized spacial score (nSPS) is 11.9. The molecule has 0 spiro atoms. The summed E-state index contributed by atoms with van der Waals surface area (Å²) >= 11 is 0. The summed E-state index contributed by atoms with van der Waals surface area (Å²) in [5, 5.41) is 3.60. The molecule has 5 aromatic carbocycles. The van der Waals surface area contributed by atoms with Gasteiger partial charge in [0.25, 0.3) is 0 Å². The molecule has 8 aromatic rings. The number of para-hydroxylation sites is 2. The Kier molecular flexibility index (Phi) is 4.61. The van der Waals surface area contributed by atoms with Crippen molar-refractivity contribution in [2.24, 2.45) is 0 Å². The van der Waals surface area contributed by atoms with Crippen LogP contribution in [0.3, 0.4) is 0 Å². The molecule has 0 N–H and O–H groups in total. The van der Waals surface area contributed by atoms with Crippen molar-refractivity contribution in [3.05, 3.63) is 140 Å². The smallest absolute Gasteiger partial charge is 0.159 e. The maximum atomic E-state index is 4.81. The molecule has 0 fully saturated rings. The summed E-state index contributed by atoms with van der Waals surface area (Å²) in [5.41, 5.74) is 13.9. The molecule has 3 aromatic heterocycles. The number of aromatic nitrogens is 3. The number of benzene rings is 5. The van der Waals surface area contributed by atoms with Crippen molar-refractivity contribution in [1.29, 1.82) is 0 Å². The molecule has 0 saturated heterocycles. The first-order valence-corrected chi connectivity index (χ1v) is 13.9. The third-order valence-corrected chi connectivity index (χ3v) is 8.48. The first-order chi connectivity index (χ1) is 20.4. The molecule has 3 heterocycles. The van der Waals surface area contributed by atoms with Gasteiger partial charge in [0.15, 0.2) is 5.65 Å². The van der Waals surface area contributed by atoms with Crippen molar-refractivity contribution in [3.8, 4) is 50.2 Å². The number of rotatable bonds is 1. The molecule has 0 radical (unpaired) electrons. The topological polar surface area (TPSA) is 30.7 Å². The van der Waals surface area contributed by atoms with E-state index < -0.39 is 0 Å². The number of fused-ring (bicyclic) bond motifs is 13. The van der Waals surface area contributed by atoms with Crippen molar-refractivity contribution >= 4 is 32.8 Å². The summed E-state index contributed by atoms with van der Waals surface area (Å²) in [4.78, 5) is 9.40. The molecule has 3 heteroatoms. The Bertz CT molecular complexity index is 2270. The summed E-state index contributed by atoms with van der Waals surface area (Å²) in [6.45, 7) is 0. The van der Waals surface area contributed by atoms with E-state index in [4.69, 9.17) is 4.98 Å². The molecule has 9 rings (SSSR count). The van der Waals surface area contributed by atoms with Gasteiger partial charge in [-0.1, -0.05) is 91.0 Å². The van der Waals surface area contributed by atoms with Crippen LogP contribution in [0.25, 0.3) is 83.0 Å². The minimum Gasteiger partial charge on any atom is -0.309 e. The first-order valence-electron chi connectivity index (χ1n) is 13.9. The Morgan fingerprint density at radius 3 is 1.71 bits per heavy atom. The van der Waals surface area contributed by atoms with E-state index in [1.165, 1.54) is 60.8 Å². The lowest BCUT2D eigenvalue weighted by molar-refractivity contribution is 1.18. The van der Waals surface area contributed by atoms with Gasteiger partial charge in [-0.25, -0.2) is 9.97 Å². The van der Waals surface area contributed by atoms with E-state index in [-0.39, 0.29) is 0 Å². The molecule has 0 aliphatic heterocycles. The fourth-order valence-corrected chi connectivity index (χ4v) is 6.74. The van der Waals surface area contributed by atoms with E-state index in [9.17, 15) is 0 Å². The number of nitrogens with zero attached hydrogens (tertiary/aromatic N) is 3. The highest BCUT2D eigenvalue weighted by atomic mass is 15.0. The quantitative estimate of drug-likeness (QED) is 0.215. The van der Waals surface area contributed by atoms with E-state index in [0.29, 0.717) is 0 Å². The van der Waals surface area contributed by atoms with Crippen LogP contribution in [0.2, 0.25) is 0 Å². The van der Waals surface area contributed by atoms with Gasteiger partial charge in [0, 0.05) is 45.4 Å². The van der Waals surface area contributed by atoms with Gasteiger partial charge in [0.05, 0.1) is 11.0 Å². The van der Waals surface area contributed by atoms with E-state index >= 15 is 0 Å². The van der Waals surface area contributed by atoms with E-state index in [1.807, 2.05) is 18.5 Å². The molecule has 0 unspecified atom stereocenters. The Balaban J connectivity index is 1.41. The van der Waals surface area contributed by atoms with Crippen LogP contribution in [-0.2, 0) is 0 Å². The average Bonchev–Trinajstić information content (AvgIpc) is 3.38. The maximum absolute atomic E-state index is 4.81. The largest absolute Gasteiger partial charge is 0.309 e. The Labute approximate surface area is 237 Å². The fourth-order valence-electron chi connectivity index (χ4n) is 6.74. The average molecular weight is 522 g/mol. The summed E-state index contributed by atoms with van der Waals surface area (Å²) in [6, 6.07) is 45.9. The molecule has 0 saturated carbocycles. The summed E-state index contributed by atoms with van der Waals surface area (Å²) in [6.07, 6.45) is 3.82. The van der Waals surface area contributed by atoms with Crippen molar-refractivity contribution in [1.82, 2.24) is 14.5 Å². The van der Waals surface area contributed by atoms with Crippen LogP contribution in [0.4, 0.5) is 0 Å². The van der Waals surface area contributed by atoms with Crippen LogP contribution >= 0.6 is 0 Å². The molecule has 190 valence electrons. The molecule has 1 aliphatic rings. The zero-order chi connectivity index (χ0) is 26.9. The van der Waals surface area contributed by atoms with Gasteiger partial charge in [0.1, 0.15) is 0 Å². The van der Waals surface area contributed by atoms with Crippen molar-refractivity contribution in [2.75, 3.05) is 0 Å². The van der Waals surface area contributed by atoms with Gasteiger partial charge in [-0.05, 0) is 69.8 Å². The molecule has 3 nitrogen and oxygen atoms in total. The van der Waals surface area contributed by atoms with Crippen molar-refractivity contribution < 1.29 is 0 Å². The van der Waals surface area contributed by atoms with Gasteiger partial charge < -0.3 is 4.57 Å². The zero-order valence-corrected chi connectivity index (χ0v) is 22.1. The van der Waals surface area contributed by atoms with Crippen LogP contribution in [-0.4, -0.2) is 14.5 Å². The third-order valence-electron chi connectivity index (χ3n) is 8.48. The number of pyridine rings is 2. The van der Waals surface area contributed by atoms with Gasteiger partial charge in [-0.15, -0.1) is 0 Å². The standard InChI is InChI=1S/C38H23N3/c1-2-12-27-26(11-1)33-22-24(41-35-17-7-5-13-29(35)30-14-6-8-18-36(30)41)19-20-28(33)25-10-3-4-15-31(25)37-32-16-9-21-39-38(32)40-23-34(27)37/h1-23H. The molecule has 0 bridgehead atoms. The van der Waals surface area contributed by atoms with Crippen LogP contribution in [0.1, 0.15) is 0 Å². The van der Waals surface area contributed by atoms with Crippen molar-refractivity contribution in [3.63, 3.8) is 0 Å². The monoisotopic (exact) mass is 521 g/mol. The second-order valence-corrected chi connectivity index (χ2v) is 10.6. The molecule has 0 amide bonds. The van der Waals surface area contributed by atoms with Crippen LogP contribution in [0.5, 0.6) is 0 Å². The molecular weight excluding hydrogens is 498 g/mol. The van der Waals surface area contributed by atoms with Crippen LogP contribution in [0.15, 0.2) is 140 Å². The number of hydrogen-bond acceptors (Lipinski definition) is 2. The summed E-state index contributed by atoms with van der Waals surface area (Å²) in [7, 11) is 0. The minimum absolute atomic E-state index is 0.765. The molecule has 1 aliphatic carbocycles. The second-order valence-electron chi connectivity index (χ2n) is 10.6. The maximum Gasteiger partial charge on any atom is 0.159 e. The summed E-state index contributed by atoms with van der Waals surface area (Å²) in [5.74, 6) is 0. The van der Waals surface area contributed by atoms with E-state index in [2.05, 4.69) is 131 Å².